The van der Waals surface area contributed by atoms with Gasteiger partial charge in [0, 0.05) is 25.2 Å². The average molecular weight is 291 g/mol. The maximum atomic E-state index is 12.2. The standard InChI is InChI=1S/C15H25N5O/c1-3-12-14(16-4-2)18-11-19-15(12)17-10-13(21)20-8-6-5-7-9-20/h11H,3-10H2,1-2H3,(H2,16,17,18,19). The van der Waals surface area contributed by atoms with Crippen molar-refractivity contribution in [2.45, 2.75) is 39.5 Å². The number of rotatable bonds is 6. The molecule has 0 bridgehead atoms. The van der Waals surface area contributed by atoms with Crippen LogP contribution in [0.1, 0.15) is 38.7 Å². The zero-order valence-electron chi connectivity index (χ0n) is 13.0. The van der Waals surface area contributed by atoms with Crippen LogP contribution in [0.25, 0.3) is 0 Å². The van der Waals surface area contributed by atoms with Crippen LogP contribution in [-0.2, 0) is 11.2 Å². The molecule has 1 saturated heterocycles. The molecule has 6 nitrogen and oxygen atoms in total. The Hall–Kier alpha value is -1.85. The minimum absolute atomic E-state index is 0.153. The molecule has 2 N–H and O–H groups in total. The van der Waals surface area contributed by atoms with Crippen LogP contribution in [0.3, 0.4) is 0 Å². The van der Waals surface area contributed by atoms with Crippen LogP contribution in [0, 0.1) is 0 Å². The Kier molecular flexibility index (Phi) is 5.78. The summed E-state index contributed by atoms with van der Waals surface area (Å²) in [6.07, 6.45) is 5.82. The second-order valence-electron chi connectivity index (χ2n) is 5.23. The smallest absolute Gasteiger partial charge is 0.241 e. The van der Waals surface area contributed by atoms with Crippen LogP contribution in [0.5, 0.6) is 0 Å². The third kappa shape index (κ3) is 4.06. The molecule has 1 amide bonds. The summed E-state index contributed by atoms with van der Waals surface area (Å²) >= 11 is 0. The van der Waals surface area contributed by atoms with Crippen molar-refractivity contribution in [3.8, 4) is 0 Å². The number of nitrogens with one attached hydrogen (secondary N) is 2. The number of piperidine rings is 1. The third-order valence-corrected chi connectivity index (χ3v) is 3.76. The Morgan fingerprint density at radius 3 is 2.43 bits per heavy atom. The Morgan fingerprint density at radius 1 is 1.14 bits per heavy atom. The van der Waals surface area contributed by atoms with E-state index in [0.29, 0.717) is 6.54 Å². The lowest BCUT2D eigenvalue weighted by Crippen LogP contribution is -2.39. The molecule has 21 heavy (non-hydrogen) atoms. The van der Waals surface area contributed by atoms with E-state index in [9.17, 15) is 4.79 Å². The van der Waals surface area contributed by atoms with Gasteiger partial charge in [0.05, 0.1) is 6.54 Å². The summed E-state index contributed by atoms with van der Waals surface area (Å²) in [5, 5.41) is 6.41. The van der Waals surface area contributed by atoms with Crippen molar-refractivity contribution in [2.24, 2.45) is 0 Å². The van der Waals surface area contributed by atoms with E-state index in [1.165, 1.54) is 12.7 Å². The molecule has 2 rings (SSSR count). The molecule has 0 unspecified atom stereocenters. The number of hydrogen-bond acceptors (Lipinski definition) is 5. The number of aromatic nitrogens is 2. The Bertz CT molecular complexity index is 471. The van der Waals surface area contributed by atoms with Crippen molar-refractivity contribution in [1.29, 1.82) is 0 Å². The van der Waals surface area contributed by atoms with Crippen molar-refractivity contribution >= 4 is 17.5 Å². The highest BCUT2D eigenvalue weighted by atomic mass is 16.2. The summed E-state index contributed by atoms with van der Waals surface area (Å²) in [6, 6.07) is 0. The summed E-state index contributed by atoms with van der Waals surface area (Å²) in [5.41, 5.74) is 1.03. The largest absolute Gasteiger partial charge is 0.370 e. The molecule has 0 saturated carbocycles. The fourth-order valence-electron chi connectivity index (χ4n) is 2.63. The van der Waals surface area contributed by atoms with E-state index in [4.69, 9.17) is 0 Å². The van der Waals surface area contributed by atoms with Gasteiger partial charge in [-0.2, -0.15) is 0 Å². The first kappa shape index (κ1) is 15.5. The number of likely N-dealkylation sites (tertiary alicyclic amines) is 1. The van der Waals surface area contributed by atoms with Gasteiger partial charge in [-0.1, -0.05) is 6.92 Å². The number of carbonyl (C=O) groups excluding carboxylic acids is 1. The van der Waals surface area contributed by atoms with Crippen molar-refractivity contribution < 1.29 is 4.79 Å². The maximum Gasteiger partial charge on any atom is 0.241 e. The lowest BCUT2D eigenvalue weighted by atomic mass is 10.1. The Labute approximate surface area is 126 Å². The molecule has 0 radical (unpaired) electrons. The van der Waals surface area contributed by atoms with Gasteiger partial charge in [0.25, 0.3) is 0 Å². The molecular formula is C15H25N5O. The fraction of sp³-hybridized carbons (Fsp3) is 0.667. The minimum Gasteiger partial charge on any atom is -0.370 e. The molecule has 116 valence electrons. The lowest BCUT2D eigenvalue weighted by molar-refractivity contribution is -0.130. The van der Waals surface area contributed by atoms with Crippen LogP contribution in [-0.4, -0.2) is 47.0 Å². The van der Waals surface area contributed by atoms with Crippen LogP contribution in [0.4, 0.5) is 11.6 Å². The van der Waals surface area contributed by atoms with Crippen LogP contribution >= 0.6 is 0 Å². The topological polar surface area (TPSA) is 70.1 Å². The highest BCUT2D eigenvalue weighted by molar-refractivity contribution is 5.81. The summed E-state index contributed by atoms with van der Waals surface area (Å²) in [7, 11) is 0. The van der Waals surface area contributed by atoms with E-state index in [2.05, 4.69) is 27.5 Å². The monoisotopic (exact) mass is 291 g/mol. The zero-order chi connectivity index (χ0) is 15.1. The van der Waals surface area contributed by atoms with Crippen molar-refractivity contribution in [3.63, 3.8) is 0 Å². The fourth-order valence-corrected chi connectivity index (χ4v) is 2.63. The molecule has 0 atom stereocenters. The second-order valence-corrected chi connectivity index (χ2v) is 5.23. The van der Waals surface area contributed by atoms with Gasteiger partial charge >= 0.3 is 0 Å². The van der Waals surface area contributed by atoms with E-state index in [-0.39, 0.29) is 5.91 Å². The normalized spacial score (nSPS) is 14.9. The Morgan fingerprint density at radius 2 is 1.81 bits per heavy atom. The summed E-state index contributed by atoms with van der Waals surface area (Å²) < 4.78 is 0. The van der Waals surface area contributed by atoms with Crippen LogP contribution < -0.4 is 10.6 Å². The molecule has 1 aliphatic heterocycles. The van der Waals surface area contributed by atoms with Gasteiger partial charge in [-0.05, 0) is 32.6 Å². The second kappa shape index (κ2) is 7.81. The van der Waals surface area contributed by atoms with Gasteiger partial charge < -0.3 is 15.5 Å². The SMILES string of the molecule is CCNc1ncnc(NCC(=O)N2CCCCC2)c1CC. The minimum atomic E-state index is 0.153. The predicted octanol–water partition coefficient (Wildman–Crippen LogP) is 1.90. The molecule has 1 fully saturated rings. The first-order valence-corrected chi connectivity index (χ1v) is 7.85. The number of carbonyl (C=O) groups is 1. The molecule has 6 heteroatoms. The number of amides is 1. The van der Waals surface area contributed by atoms with Gasteiger partial charge in [0.15, 0.2) is 0 Å². The van der Waals surface area contributed by atoms with E-state index < -0.39 is 0 Å². The van der Waals surface area contributed by atoms with Gasteiger partial charge in [-0.3, -0.25) is 4.79 Å². The summed E-state index contributed by atoms with van der Waals surface area (Å²) in [5.74, 6) is 1.76. The van der Waals surface area contributed by atoms with Gasteiger partial charge in [0.1, 0.15) is 18.0 Å². The molecule has 0 aromatic carbocycles. The molecule has 1 aliphatic rings. The molecule has 0 spiro atoms. The van der Waals surface area contributed by atoms with E-state index in [1.54, 1.807) is 0 Å². The number of hydrogen-bond donors (Lipinski definition) is 2. The third-order valence-electron chi connectivity index (χ3n) is 3.76. The highest BCUT2D eigenvalue weighted by Gasteiger charge is 2.17. The van der Waals surface area contributed by atoms with Crippen LogP contribution in [0.2, 0.25) is 0 Å². The van der Waals surface area contributed by atoms with E-state index in [0.717, 1.165) is 56.1 Å². The lowest BCUT2D eigenvalue weighted by Gasteiger charge is -2.27. The van der Waals surface area contributed by atoms with Gasteiger partial charge in [-0.25, -0.2) is 9.97 Å². The van der Waals surface area contributed by atoms with Crippen molar-refractivity contribution in [1.82, 2.24) is 14.9 Å². The number of nitrogens with zero attached hydrogens (tertiary/aromatic N) is 3. The molecule has 1 aromatic rings. The van der Waals surface area contributed by atoms with Crippen molar-refractivity contribution in [3.05, 3.63) is 11.9 Å². The quantitative estimate of drug-likeness (QED) is 0.837. The molecule has 2 heterocycles. The van der Waals surface area contributed by atoms with Crippen LogP contribution in [0.15, 0.2) is 6.33 Å². The van der Waals surface area contributed by atoms with E-state index >= 15 is 0 Å². The molecular weight excluding hydrogens is 266 g/mol. The first-order chi connectivity index (χ1) is 10.3. The highest BCUT2D eigenvalue weighted by Crippen LogP contribution is 2.20. The Balaban J connectivity index is 1.98. The summed E-state index contributed by atoms with van der Waals surface area (Å²) in [6.45, 7) is 6.98. The predicted molar refractivity (Wildman–Crippen MR) is 84.5 cm³/mol. The average Bonchev–Trinajstić information content (AvgIpc) is 2.54. The van der Waals surface area contributed by atoms with Gasteiger partial charge in [0.2, 0.25) is 5.91 Å². The number of anilines is 2. The van der Waals surface area contributed by atoms with Gasteiger partial charge in [-0.15, -0.1) is 0 Å². The first-order valence-electron chi connectivity index (χ1n) is 7.85. The zero-order valence-corrected chi connectivity index (χ0v) is 13.0. The molecule has 1 aromatic heterocycles. The maximum absolute atomic E-state index is 12.2. The van der Waals surface area contributed by atoms with E-state index in [1.807, 2.05) is 11.8 Å². The molecule has 0 aliphatic carbocycles. The van der Waals surface area contributed by atoms with Crippen molar-refractivity contribution in [2.75, 3.05) is 36.8 Å². The summed E-state index contributed by atoms with van der Waals surface area (Å²) in [4.78, 5) is 22.7.